The maximum atomic E-state index is 11.0. The molecule has 0 atom stereocenters. The molecule has 0 spiro atoms. The molecule has 0 unspecified atom stereocenters. The predicted molar refractivity (Wildman–Crippen MR) is 143 cm³/mol. The van der Waals surface area contributed by atoms with Gasteiger partial charge in [0.2, 0.25) is 0 Å². The van der Waals surface area contributed by atoms with E-state index in [-0.39, 0.29) is 12.6 Å². The van der Waals surface area contributed by atoms with Gasteiger partial charge in [-0.15, -0.1) is 0 Å². The second-order valence-corrected chi connectivity index (χ2v) is 8.92. The topological polar surface area (TPSA) is 54.0 Å². The first kappa shape index (κ1) is 24.6. The molecule has 5 rings (SSSR count). The highest BCUT2D eigenvalue weighted by molar-refractivity contribution is 5.86. The van der Waals surface area contributed by atoms with Gasteiger partial charge in [0.05, 0.1) is 12.0 Å². The van der Waals surface area contributed by atoms with E-state index in [1.165, 1.54) is 29.2 Å². The molecule has 0 amide bonds. The van der Waals surface area contributed by atoms with Gasteiger partial charge in [-0.25, -0.2) is 0 Å². The lowest BCUT2D eigenvalue weighted by atomic mass is 9.68. The van der Waals surface area contributed by atoms with Gasteiger partial charge in [0.15, 0.2) is 0 Å². The zero-order valence-corrected chi connectivity index (χ0v) is 21.1. The highest BCUT2D eigenvalue weighted by Crippen LogP contribution is 2.56. The molecule has 37 heavy (non-hydrogen) atoms. The van der Waals surface area contributed by atoms with Gasteiger partial charge in [0.25, 0.3) is 0 Å². The number of esters is 1. The van der Waals surface area contributed by atoms with E-state index in [4.69, 9.17) is 18.9 Å². The number of rotatable bonds is 10. The van der Waals surface area contributed by atoms with Crippen LogP contribution >= 0.6 is 0 Å². The van der Waals surface area contributed by atoms with E-state index < -0.39 is 5.41 Å². The van der Waals surface area contributed by atoms with Gasteiger partial charge in [-0.05, 0) is 57.6 Å². The van der Waals surface area contributed by atoms with Crippen molar-refractivity contribution in [1.82, 2.24) is 0 Å². The van der Waals surface area contributed by atoms with Crippen molar-refractivity contribution in [1.29, 1.82) is 0 Å². The van der Waals surface area contributed by atoms with Gasteiger partial charge < -0.3 is 18.9 Å². The van der Waals surface area contributed by atoms with E-state index in [0.29, 0.717) is 19.8 Å². The molecule has 188 valence electrons. The minimum Gasteiger partial charge on any atom is -0.491 e. The molecule has 5 heteroatoms. The minimum absolute atomic E-state index is 0.223. The SMILES string of the molecule is COCCOc1ccc(C2(c3ccc(OCCOC(C)=O)cc3)c3ccccc3-c3ccccc32)cc1. The van der Waals surface area contributed by atoms with Gasteiger partial charge >= 0.3 is 5.97 Å². The smallest absolute Gasteiger partial charge is 0.302 e. The Labute approximate surface area is 217 Å². The van der Waals surface area contributed by atoms with Crippen molar-refractivity contribution >= 4 is 5.97 Å². The number of carbonyl (C=O) groups excluding carboxylic acids is 1. The van der Waals surface area contributed by atoms with Crippen LogP contribution in [0.4, 0.5) is 0 Å². The van der Waals surface area contributed by atoms with Crippen LogP contribution in [0.1, 0.15) is 29.2 Å². The van der Waals surface area contributed by atoms with E-state index in [2.05, 4.69) is 72.8 Å². The molecular formula is C32H30O5. The largest absolute Gasteiger partial charge is 0.491 e. The molecule has 4 aromatic carbocycles. The molecule has 0 bridgehead atoms. The second-order valence-electron chi connectivity index (χ2n) is 8.92. The van der Waals surface area contributed by atoms with Gasteiger partial charge in [0, 0.05) is 14.0 Å². The molecule has 0 radical (unpaired) electrons. The van der Waals surface area contributed by atoms with Crippen LogP contribution in [0, 0.1) is 0 Å². The molecule has 0 fully saturated rings. The number of benzene rings is 4. The molecule has 0 saturated heterocycles. The fourth-order valence-corrected chi connectivity index (χ4v) is 5.21. The van der Waals surface area contributed by atoms with Crippen molar-refractivity contribution in [3.8, 4) is 22.6 Å². The van der Waals surface area contributed by atoms with Crippen LogP contribution in [0.2, 0.25) is 0 Å². The molecule has 4 aromatic rings. The number of methoxy groups -OCH3 is 1. The Morgan fingerprint density at radius 2 is 1.08 bits per heavy atom. The quantitative estimate of drug-likeness (QED) is 0.176. The molecular weight excluding hydrogens is 464 g/mol. The standard InChI is InChI=1S/C32H30O5/c1-23(33)35-21-22-37-27-17-13-25(14-18-27)32(24-11-15-26(16-12-24)36-20-19-34-2)30-9-5-3-7-28(30)29-8-4-6-10-31(29)32/h3-18H,19-22H2,1-2H3. The van der Waals surface area contributed by atoms with Crippen LogP contribution in [0.3, 0.4) is 0 Å². The zero-order valence-electron chi connectivity index (χ0n) is 21.1. The normalized spacial score (nSPS) is 12.9. The summed E-state index contributed by atoms with van der Waals surface area (Å²) in [5, 5.41) is 0. The summed E-state index contributed by atoms with van der Waals surface area (Å²) in [6.07, 6.45) is 0. The first-order chi connectivity index (χ1) is 18.1. The maximum Gasteiger partial charge on any atom is 0.302 e. The number of fused-ring (bicyclic) bond motifs is 3. The molecule has 1 aliphatic carbocycles. The van der Waals surface area contributed by atoms with E-state index in [1.54, 1.807) is 7.11 Å². The number of carbonyl (C=O) groups is 1. The van der Waals surface area contributed by atoms with E-state index in [9.17, 15) is 4.79 Å². The summed E-state index contributed by atoms with van der Waals surface area (Å²) < 4.78 is 21.8. The Bertz CT molecular complexity index is 1310. The van der Waals surface area contributed by atoms with Gasteiger partial charge in [-0.2, -0.15) is 0 Å². The van der Waals surface area contributed by atoms with E-state index >= 15 is 0 Å². The van der Waals surface area contributed by atoms with Crippen LogP contribution in [0.15, 0.2) is 97.1 Å². The molecule has 0 N–H and O–H groups in total. The van der Waals surface area contributed by atoms with E-state index in [0.717, 1.165) is 22.6 Å². The Balaban J connectivity index is 1.57. The third-order valence-corrected chi connectivity index (χ3v) is 6.74. The average molecular weight is 495 g/mol. The zero-order chi connectivity index (χ0) is 25.7. The van der Waals surface area contributed by atoms with Crippen LogP contribution < -0.4 is 9.47 Å². The van der Waals surface area contributed by atoms with Crippen LogP contribution in [0.5, 0.6) is 11.5 Å². The van der Waals surface area contributed by atoms with Crippen molar-refractivity contribution in [2.75, 3.05) is 33.5 Å². The number of hydrogen-bond donors (Lipinski definition) is 0. The second kappa shape index (κ2) is 10.9. The average Bonchev–Trinajstić information content (AvgIpc) is 3.23. The van der Waals surface area contributed by atoms with Gasteiger partial charge in [0.1, 0.15) is 31.3 Å². The Hall–Kier alpha value is -4.09. The lowest BCUT2D eigenvalue weighted by molar-refractivity contribution is -0.141. The minimum atomic E-state index is -0.492. The van der Waals surface area contributed by atoms with E-state index in [1.807, 2.05) is 24.3 Å². The molecule has 1 aliphatic rings. The third kappa shape index (κ3) is 4.70. The first-order valence-electron chi connectivity index (χ1n) is 12.4. The molecule has 0 aliphatic heterocycles. The molecule has 5 nitrogen and oxygen atoms in total. The maximum absolute atomic E-state index is 11.0. The van der Waals surface area contributed by atoms with Crippen LogP contribution in [0.25, 0.3) is 11.1 Å². The molecule has 0 heterocycles. The number of ether oxygens (including phenoxy) is 4. The third-order valence-electron chi connectivity index (χ3n) is 6.74. The van der Waals surface area contributed by atoms with Crippen molar-refractivity contribution in [2.24, 2.45) is 0 Å². The summed E-state index contributed by atoms with van der Waals surface area (Å²) in [6.45, 7) is 2.97. The van der Waals surface area contributed by atoms with Gasteiger partial charge in [-0.3, -0.25) is 4.79 Å². The summed E-state index contributed by atoms with van der Waals surface area (Å²) in [7, 11) is 1.67. The van der Waals surface area contributed by atoms with Crippen molar-refractivity contribution in [3.63, 3.8) is 0 Å². The summed E-state index contributed by atoms with van der Waals surface area (Å²) in [5.41, 5.74) is 6.77. The van der Waals surface area contributed by atoms with Crippen LogP contribution in [-0.2, 0) is 19.7 Å². The molecule has 0 saturated carbocycles. The van der Waals surface area contributed by atoms with Crippen molar-refractivity contribution in [3.05, 3.63) is 119 Å². The highest BCUT2D eigenvalue weighted by Gasteiger charge is 2.45. The summed E-state index contributed by atoms with van der Waals surface area (Å²) in [5.74, 6) is 1.23. The Morgan fingerprint density at radius 1 is 0.622 bits per heavy atom. The predicted octanol–water partition coefficient (Wildman–Crippen LogP) is 6.02. The lowest BCUT2D eigenvalue weighted by Gasteiger charge is -2.34. The highest BCUT2D eigenvalue weighted by atomic mass is 16.6. The van der Waals surface area contributed by atoms with Gasteiger partial charge in [-0.1, -0.05) is 72.8 Å². The summed E-state index contributed by atoms with van der Waals surface area (Å²) in [4.78, 5) is 11.0. The monoisotopic (exact) mass is 494 g/mol. The summed E-state index contributed by atoms with van der Waals surface area (Å²) in [6, 6.07) is 33.8. The molecule has 0 aromatic heterocycles. The fraction of sp³-hybridized carbons (Fsp3) is 0.219. The fourth-order valence-electron chi connectivity index (χ4n) is 5.21. The van der Waals surface area contributed by atoms with Crippen molar-refractivity contribution in [2.45, 2.75) is 12.3 Å². The Kier molecular flexibility index (Phi) is 7.24. The first-order valence-corrected chi connectivity index (χ1v) is 12.4. The lowest BCUT2D eigenvalue weighted by Crippen LogP contribution is -2.28. The number of hydrogen-bond acceptors (Lipinski definition) is 5. The van der Waals surface area contributed by atoms with Crippen molar-refractivity contribution < 1.29 is 23.7 Å². The Morgan fingerprint density at radius 3 is 1.54 bits per heavy atom. The summed E-state index contributed by atoms with van der Waals surface area (Å²) >= 11 is 0. The van der Waals surface area contributed by atoms with Crippen LogP contribution in [-0.4, -0.2) is 39.5 Å².